The van der Waals surface area contributed by atoms with Gasteiger partial charge in [-0.25, -0.2) is 13.2 Å². The average Bonchev–Trinajstić information content (AvgIpc) is 3.12. The zero-order chi connectivity index (χ0) is 15.5. The number of sulfonamides is 1. The highest BCUT2D eigenvalue weighted by Crippen LogP contribution is 2.58. The average molecular weight is 325 g/mol. The number of nitrogens with zero attached hydrogens (tertiary/aromatic N) is 1. The Morgan fingerprint density at radius 2 is 1.91 bits per heavy atom. The number of hydrogen-bond donors (Lipinski definition) is 0. The van der Waals surface area contributed by atoms with Crippen molar-refractivity contribution in [2.75, 3.05) is 0 Å². The normalized spacial score (nSPS) is 43.4. The summed E-state index contributed by atoms with van der Waals surface area (Å²) in [7, 11) is -3.23. The first kappa shape index (κ1) is 14.7. The van der Waals surface area contributed by atoms with E-state index in [-0.39, 0.29) is 35.3 Å². The molecule has 6 heteroatoms. The second kappa shape index (κ2) is 5.06. The summed E-state index contributed by atoms with van der Waals surface area (Å²) >= 11 is 0. The van der Waals surface area contributed by atoms with E-state index in [1.807, 2.05) is 0 Å². The Balaban J connectivity index is 1.67. The summed E-state index contributed by atoms with van der Waals surface area (Å²) in [4.78, 5) is 11.7. The molecule has 0 spiro atoms. The summed E-state index contributed by atoms with van der Waals surface area (Å²) in [5, 5.41) is -0.233. The lowest BCUT2D eigenvalue weighted by molar-refractivity contribution is -0.148. The molecule has 0 amide bonds. The van der Waals surface area contributed by atoms with Crippen molar-refractivity contribution in [3.05, 3.63) is 12.7 Å². The summed E-state index contributed by atoms with van der Waals surface area (Å²) in [6.45, 7) is 3.46. The second-order valence-electron chi connectivity index (χ2n) is 7.20. The minimum absolute atomic E-state index is 0.109. The second-order valence-corrected chi connectivity index (χ2v) is 9.25. The number of fused-ring (bicyclic) bond motifs is 1. The third-order valence-corrected chi connectivity index (χ3v) is 8.59. The van der Waals surface area contributed by atoms with E-state index in [2.05, 4.69) is 6.58 Å². The topological polar surface area (TPSA) is 63.7 Å². The van der Waals surface area contributed by atoms with Crippen LogP contribution in [0.2, 0.25) is 0 Å². The molecule has 2 bridgehead atoms. The fourth-order valence-corrected chi connectivity index (χ4v) is 8.12. The molecule has 1 aliphatic heterocycles. The van der Waals surface area contributed by atoms with Crippen molar-refractivity contribution < 1.29 is 17.9 Å². The monoisotopic (exact) mass is 325 g/mol. The highest BCUT2D eigenvalue weighted by molar-refractivity contribution is 7.90. The molecule has 4 fully saturated rings. The molecule has 5 nitrogen and oxygen atoms in total. The van der Waals surface area contributed by atoms with Crippen LogP contribution in [0.1, 0.15) is 44.9 Å². The van der Waals surface area contributed by atoms with Crippen molar-refractivity contribution >= 4 is 16.0 Å². The summed E-state index contributed by atoms with van der Waals surface area (Å²) in [6, 6.07) is -0.0150. The van der Waals surface area contributed by atoms with Gasteiger partial charge in [-0.2, -0.15) is 4.31 Å². The maximum absolute atomic E-state index is 13.0. The van der Waals surface area contributed by atoms with Gasteiger partial charge in [0.1, 0.15) is 6.10 Å². The van der Waals surface area contributed by atoms with Crippen LogP contribution >= 0.6 is 0 Å². The minimum atomic E-state index is -3.23. The molecule has 3 saturated carbocycles. The van der Waals surface area contributed by atoms with Crippen molar-refractivity contribution in [2.45, 2.75) is 68.4 Å². The zero-order valence-electron chi connectivity index (χ0n) is 12.7. The Morgan fingerprint density at radius 1 is 1.18 bits per heavy atom. The SMILES string of the molecule is C=CC(=O)OC1C2CC3C1N(C1CCCCC1)S(=O)(=O)C3C2. The van der Waals surface area contributed by atoms with Crippen LogP contribution in [-0.2, 0) is 19.6 Å². The molecule has 1 saturated heterocycles. The van der Waals surface area contributed by atoms with Gasteiger partial charge >= 0.3 is 5.97 Å². The molecule has 5 unspecified atom stereocenters. The quantitative estimate of drug-likeness (QED) is 0.587. The van der Waals surface area contributed by atoms with E-state index in [9.17, 15) is 13.2 Å². The molecule has 122 valence electrons. The highest BCUT2D eigenvalue weighted by atomic mass is 32.2. The van der Waals surface area contributed by atoms with Gasteiger partial charge in [0.15, 0.2) is 0 Å². The van der Waals surface area contributed by atoms with Crippen molar-refractivity contribution in [3.8, 4) is 0 Å². The lowest BCUT2D eigenvalue weighted by Crippen LogP contribution is -2.49. The van der Waals surface area contributed by atoms with E-state index < -0.39 is 16.0 Å². The van der Waals surface area contributed by atoms with Crippen molar-refractivity contribution in [2.24, 2.45) is 11.8 Å². The Kier molecular flexibility index (Phi) is 3.38. The lowest BCUT2D eigenvalue weighted by Gasteiger charge is -2.36. The van der Waals surface area contributed by atoms with Gasteiger partial charge in [-0.3, -0.25) is 0 Å². The summed E-state index contributed by atoms with van der Waals surface area (Å²) < 4.78 is 33.3. The standard InChI is InChI=1S/C16H23NO4S/c1-2-14(18)21-16-10-8-12-13(9-10)22(19,20)17(15(12)16)11-6-4-3-5-7-11/h2,10-13,15-16H,1,3-9H2. The van der Waals surface area contributed by atoms with Gasteiger partial charge < -0.3 is 4.74 Å². The smallest absolute Gasteiger partial charge is 0.330 e. The van der Waals surface area contributed by atoms with E-state index >= 15 is 0 Å². The van der Waals surface area contributed by atoms with Gasteiger partial charge in [-0.15, -0.1) is 0 Å². The Morgan fingerprint density at radius 3 is 2.59 bits per heavy atom. The van der Waals surface area contributed by atoms with E-state index in [0.29, 0.717) is 6.42 Å². The van der Waals surface area contributed by atoms with Gasteiger partial charge in [0.2, 0.25) is 10.0 Å². The van der Waals surface area contributed by atoms with Gasteiger partial charge in [-0.1, -0.05) is 25.8 Å². The number of ether oxygens (including phenoxy) is 1. The minimum Gasteiger partial charge on any atom is -0.457 e. The molecular formula is C16H23NO4S. The van der Waals surface area contributed by atoms with E-state index in [4.69, 9.17) is 4.74 Å². The molecule has 5 atom stereocenters. The predicted molar refractivity (Wildman–Crippen MR) is 81.5 cm³/mol. The number of carbonyl (C=O) groups excluding carboxylic acids is 1. The van der Waals surface area contributed by atoms with Crippen LogP contribution in [0.25, 0.3) is 0 Å². The van der Waals surface area contributed by atoms with Crippen molar-refractivity contribution in [1.82, 2.24) is 4.31 Å². The largest absolute Gasteiger partial charge is 0.457 e. The van der Waals surface area contributed by atoms with Gasteiger partial charge in [0.05, 0.1) is 11.3 Å². The fraction of sp³-hybridized carbons (Fsp3) is 0.812. The lowest BCUT2D eigenvalue weighted by atomic mass is 9.89. The van der Waals surface area contributed by atoms with E-state index in [1.54, 1.807) is 4.31 Å². The molecule has 0 aromatic carbocycles. The zero-order valence-corrected chi connectivity index (χ0v) is 13.5. The molecule has 0 N–H and O–H groups in total. The number of carbonyl (C=O) groups is 1. The Bertz CT molecular complexity index is 595. The number of rotatable bonds is 3. The first-order valence-electron chi connectivity index (χ1n) is 8.39. The fourth-order valence-electron chi connectivity index (χ4n) is 5.36. The van der Waals surface area contributed by atoms with Crippen LogP contribution in [0.3, 0.4) is 0 Å². The van der Waals surface area contributed by atoms with Crippen molar-refractivity contribution in [1.29, 1.82) is 0 Å². The maximum atomic E-state index is 13.0. The Labute approximate surface area is 131 Å². The molecule has 4 rings (SSSR count). The third-order valence-electron chi connectivity index (χ3n) is 6.15. The number of esters is 1. The molecule has 0 radical (unpaired) electrons. The first-order valence-corrected chi connectivity index (χ1v) is 9.89. The van der Waals surface area contributed by atoms with Crippen LogP contribution in [0, 0.1) is 11.8 Å². The summed E-state index contributed by atoms with van der Waals surface area (Å²) in [5.41, 5.74) is 0. The van der Waals surface area contributed by atoms with Crippen LogP contribution in [0.4, 0.5) is 0 Å². The van der Waals surface area contributed by atoms with Crippen LogP contribution in [-0.4, -0.2) is 42.1 Å². The molecule has 0 aromatic rings. The maximum Gasteiger partial charge on any atom is 0.330 e. The Hall–Kier alpha value is -0.880. The van der Waals surface area contributed by atoms with Crippen LogP contribution in [0.5, 0.6) is 0 Å². The van der Waals surface area contributed by atoms with Crippen molar-refractivity contribution in [3.63, 3.8) is 0 Å². The van der Waals surface area contributed by atoms with E-state index in [0.717, 1.165) is 32.1 Å². The van der Waals surface area contributed by atoms with Gasteiger partial charge in [0.25, 0.3) is 0 Å². The van der Waals surface area contributed by atoms with Crippen LogP contribution in [0.15, 0.2) is 12.7 Å². The predicted octanol–water partition coefficient (Wildman–Crippen LogP) is 1.84. The molecule has 1 heterocycles. The van der Waals surface area contributed by atoms with Crippen LogP contribution < -0.4 is 0 Å². The highest BCUT2D eigenvalue weighted by Gasteiger charge is 2.68. The third kappa shape index (κ3) is 1.92. The summed E-state index contributed by atoms with van der Waals surface area (Å²) in [6.07, 6.45) is 7.72. The van der Waals surface area contributed by atoms with Gasteiger partial charge in [0, 0.05) is 12.1 Å². The first-order chi connectivity index (χ1) is 10.5. The molecule has 0 aromatic heterocycles. The number of hydrogen-bond acceptors (Lipinski definition) is 4. The molecule has 4 aliphatic rings. The molecule has 22 heavy (non-hydrogen) atoms. The van der Waals surface area contributed by atoms with Gasteiger partial charge in [-0.05, 0) is 37.5 Å². The summed E-state index contributed by atoms with van der Waals surface area (Å²) in [5.74, 6) is -0.0752. The van der Waals surface area contributed by atoms with E-state index in [1.165, 1.54) is 12.5 Å². The molecular weight excluding hydrogens is 302 g/mol. The molecule has 3 aliphatic carbocycles.